The number of carboxylic acid groups (broad SMARTS) is 1. The lowest BCUT2D eigenvalue weighted by molar-refractivity contribution is -0.143. The molecule has 0 radical (unpaired) electrons. The van der Waals surface area contributed by atoms with Gasteiger partial charge < -0.3 is 20.5 Å². The van der Waals surface area contributed by atoms with E-state index in [0.29, 0.717) is 25.5 Å². The van der Waals surface area contributed by atoms with Gasteiger partial charge in [0.25, 0.3) is 0 Å². The molecule has 1 saturated heterocycles. The van der Waals surface area contributed by atoms with E-state index >= 15 is 0 Å². The van der Waals surface area contributed by atoms with E-state index in [4.69, 9.17) is 9.84 Å². The molecule has 110 valence electrons. The molecule has 6 nitrogen and oxygen atoms in total. The van der Waals surface area contributed by atoms with Crippen molar-refractivity contribution < 1.29 is 19.4 Å². The van der Waals surface area contributed by atoms with E-state index in [1.807, 2.05) is 6.92 Å². The number of carbonyl (C=O) groups is 2. The van der Waals surface area contributed by atoms with Gasteiger partial charge in [0.2, 0.25) is 5.91 Å². The highest BCUT2D eigenvalue weighted by atomic mass is 16.5. The average molecular weight is 272 g/mol. The van der Waals surface area contributed by atoms with Crippen LogP contribution in [-0.2, 0) is 14.3 Å². The quantitative estimate of drug-likeness (QED) is 0.583. The van der Waals surface area contributed by atoms with Gasteiger partial charge in [0, 0.05) is 25.7 Å². The molecule has 19 heavy (non-hydrogen) atoms. The normalized spacial score (nSPS) is 24.7. The molecule has 1 aliphatic rings. The van der Waals surface area contributed by atoms with Crippen LogP contribution in [0.2, 0.25) is 0 Å². The summed E-state index contributed by atoms with van der Waals surface area (Å²) in [5, 5.41) is 15.0. The third-order valence-corrected chi connectivity index (χ3v) is 3.45. The van der Waals surface area contributed by atoms with Gasteiger partial charge in [0.15, 0.2) is 0 Å². The number of rotatable bonds is 7. The first-order chi connectivity index (χ1) is 9.04. The Hall–Kier alpha value is -1.14. The number of aliphatic carboxylic acids is 1. The third-order valence-electron chi connectivity index (χ3n) is 3.45. The topological polar surface area (TPSA) is 87.7 Å². The van der Waals surface area contributed by atoms with Gasteiger partial charge in [-0.25, -0.2) is 4.79 Å². The second kappa shape index (κ2) is 8.12. The minimum absolute atomic E-state index is 0.0828. The first kappa shape index (κ1) is 15.9. The summed E-state index contributed by atoms with van der Waals surface area (Å²) in [6.45, 7) is 3.34. The van der Waals surface area contributed by atoms with Gasteiger partial charge in [0.1, 0.15) is 6.04 Å². The lowest BCUT2D eigenvalue weighted by Crippen LogP contribution is -2.47. The lowest BCUT2D eigenvalue weighted by atomic mass is 9.92. The minimum atomic E-state index is -0.980. The molecular formula is C13H24N2O4. The molecule has 0 aromatic heterocycles. The van der Waals surface area contributed by atoms with Gasteiger partial charge in [0.05, 0.1) is 0 Å². The third kappa shape index (κ3) is 5.57. The molecule has 1 fully saturated rings. The van der Waals surface area contributed by atoms with E-state index in [1.165, 1.54) is 0 Å². The van der Waals surface area contributed by atoms with Gasteiger partial charge in [-0.05, 0) is 39.2 Å². The van der Waals surface area contributed by atoms with E-state index in [1.54, 1.807) is 7.11 Å². The summed E-state index contributed by atoms with van der Waals surface area (Å²) in [5.74, 6) is -1.20. The maximum absolute atomic E-state index is 12.1. The summed E-state index contributed by atoms with van der Waals surface area (Å²) in [7, 11) is 1.57. The van der Waals surface area contributed by atoms with Crippen molar-refractivity contribution in [2.24, 2.45) is 5.92 Å². The Kier molecular flexibility index (Phi) is 6.80. The average Bonchev–Trinajstić information content (AvgIpc) is 2.37. The fourth-order valence-corrected chi connectivity index (χ4v) is 2.35. The maximum Gasteiger partial charge on any atom is 0.326 e. The number of hydrogen-bond acceptors (Lipinski definition) is 4. The van der Waals surface area contributed by atoms with Crippen molar-refractivity contribution >= 4 is 11.9 Å². The van der Waals surface area contributed by atoms with Crippen LogP contribution >= 0.6 is 0 Å². The van der Waals surface area contributed by atoms with Gasteiger partial charge in [-0.1, -0.05) is 0 Å². The molecule has 1 amide bonds. The Morgan fingerprint density at radius 3 is 2.84 bits per heavy atom. The Labute approximate surface area is 113 Å². The van der Waals surface area contributed by atoms with Crippen LogP contribution in [0, 0.1) is 5.92 Å². The number of hydrogen-bond donors (Lipinski definition) is 3. The van der Waals surface area contributed by atoms with Gasteiger partial charge in [-0.15, -0.1) is 0 Å². The fraction of sp³-hybridized carbons (Fsp3) is 0.846. The lowest BCUT2D eigenvalue weighted by Gasteiger charge is -2.28. The van der Waals surface area contributed by atoms with E-state index in [0.717, 1.165) is 19.4 Å². The maximum atomic E-state index is 12.1. The highest BCUT2D eigenvalue weighted by Gasteiger charge is 2.28. The highest BCUT2D eigenvalue weighted by Crippen LogP contribution is 2.16. The largest absolute Gasteiger partial charge is 0.480 e. The van der Waals surface area contributed by atoms with E-state index in [2.05, 4.69) is 10.6 Å². The molecule has 3 unspecified atom stereocenters. The molecule has 1 heterocycles. The van der Waals surface area contributed by atoms with Crippen LogP contribution in [0.5, 0.6) is 0 Å². The molecule has 0 aromatic carbocycles. The van der Waals surface area contributed by atoms with Crippen LogP contribution in [0.3, 0.4) is 0 Å². The number of nitrogens with one attached hydrogen (secondary N) is 2. The Morgan fingerprint density at radius 2 is 2.26 bits per heavy atom. The molecule has 0 spiro atoms. The zero-order valence-electron chi connectivity index (χ0n) is 11.6. The Morgan fingerprint density at radius 1 is 1.53 bits per heavy atom. The van der Waals surface area contributed by atoms with Gasteiger partial charge in [-0.2, -0.15) is 0 Å². The number of piperidine rings is 1. The van der Waals surface area contributed by atoms with Crippen molar-refractivity contribution in [3.63, 3.8) is 0 Å². The van der Waals surface area contributed by atoms with Crippen LogP contribution in [-0.4, -0.2) is 49.3 Å². The van der Waals surface area contributed by atoms with Crippen LogP contribution in [0.1, 0.15) is 32.6 Å². The molecule has 6 heteroatoms. The number of carboxylic acids is 1. The summed E-state index contributed by atoms with van der Waals surface area (Å²) in [6, 6.07) is -0.505. The molecule has 0 bridgehead atoms. The van der Waals surface area contributed by atoms with Crippen molar-refractivity contribution in [2.45, 2.75) is 44.7 Å². The summed E-state index contributed by atoms with van der Waals surface area (Å²) < 4.78 is 4.89. The fourth-order valence-electron chi connectivity index (χ4n) is 2.35. The molecule has 1 aliphatic heterocycles. The summed E-state index contributed by atoms with van der Waals surface area (Å²) in [6.07, 6.45) is 2.54. The van der Waals surface area contributed by atoms with Crippen LogP contribution in [0.15, 0.2) is 0 Å². The number of methoxy groups -OCH3 is 1. The van der Waals surface area contributed by atoms with E-state index < -0.39 is 12.0 Å². The minimum Gasteiger partial charge on any atom is -0.480 e. The molecule has 0 aromatic rings. The van der Waals surface area contributed by atoms with Crippen molar-refractivity contribution in [2.75, 3.05) is 20.3 Å². The van der Waals surface area contributed by atoms with Crippen molar-refractivity contribution in [1.29, 1.82) is 0 Å². The molecule has 1 rings (SSSR count). The SMILES string of the molecule is COCCCC(NC(=O)C1CCNC(C)C1)C(=O)O. The van der Waals surface area contributed by atoms with E-state index in [-0.39, 0.29) is 11.8 Å². The molecule has 0 saturated carbocycles. The second-order valence-corrected chi connectivity index (χ2v) is 5.11. The van der Waals surface area contributed by atoms with Crippen molar-refractivity contribution in [1.82, 2.24) is 10.6 Å². The first-order valence-electron chi connectivity index (χ1n) is 6.80. The molecule has 3 N–H and O–H groups in total. The second-order valence-electron chi connectivity index (χ2n) is 5.11. The molecule has 0 aliphatic carbocycles. The highest BCUT2D eigenvalue weighted by molar-refractivity contribution is 5.85. The predicted molar refractivity (Wildman–Crippen MR) is 70.9 cm³/mol. The van der Waals surface area contributed by atoms with E-state index in [9.17, 15) is 9.59 Å². The van der Waals surface area contributed by atoms with Gasteiger partial charge >= 0.3 is 5.97 Å². The standard InChI is InChI=1S/C13H24N2O4/c1-9-8-10(5-6-14-9)12(16)15-11(13(17)18)4-3-7-19-2/h9-11,14H,3-8H2,1-2H3,(H,15,16)(H,17,18). The van der Waals surface area contributed by atoms with Crippen molar-refractivity contribution in [3.05, 3.63) is 0 Å². The Balaban J connectivity index is 2.43. The Bertz CT molecular complexity index is 309. The van der Waals surface area contributed by atoms with Crippen LogP contribution in [0.25, 0.3) is 0 Å². The smallest absolute Gasteiger partial charge is 0.326 e. The number of amides is 1. The monoisotopic (exact) mass is 272 g/mol. The summed E-state index contributed by atoms with van der Waals surface area (Å²) in [4.78, 5) is 23.2. The zero-order chi connectivity index (χ0) is 14.3. The first-order valence-corrected chi connectivity index (χ1v) is 6.80. The van der Waals surface area contributed by atoms with Crippen molar-refractivity contribution in [3.8, 4) is 0 Å². The summed E-state index contributed by atoms with van der Waals surface area (Å²) >= 11 is 0. The zero-order valence-corrected chi connectivity index (χ0v) is 11.6. The number of ether oxygens (including phenoxy) is 1. The molecular weight excluding hydrogens is 248 g/mol. The number of carbonyl (C=O) groups excluding carboxylic acids is 1. The van der Waals surface area contributed by atoms with Crippen LogP contribution in [0.4, 0.5) is 0 Å². The summed E-state index contributed by atoms with van der Waals surface area (Å²) in [5.41, 5.74) is 0. The van der Waals surface area contributed by atoms with Gasteiger partial charge in [-0.3, -0.25) is 4.79 Å². The van der Waals surface area contributed by atoms with Crippen LogP contribution < -0.4 is 10.6 Å². The predicted octanol–water partition coefficient (Wildman–Crippen LogP) is 0.371. The molecule has 3 atom stereocenters.